The number of nitrogens with two attached hydrogens (primary N) is 1. The minimum Gasteiger partial charge on any atom is -0.389 e. The molecule has 7 heteroatoms. The second kappa shape index (κ2) is 5.15. The zero-order chi connectivity index (χ0) is 12.3. The van der Waals surface area contributed by atoms with E-state index in [1.165, 1.54) is 0 Å². The van der Waals surface area contributed by atoms with Crippen molar-refractivity contribution < 1.29 is 0 Å². The maximum atomic E-state index is 5.61. The predicted octanol–water partition coefficient (Wildman–Crippen LogP) is 1.49. The molecule has 0 amide bonds. The average molecular weight is 265 g/mol. The lowest BCUT2D eigenvalue weighted by Gasteiger charge is -2.07. The molecular formula is C10H11N5S2. The third-order valence-electron chi connectivity index (χ3n) is 2.25. The highest BCUT2D eigenvalue weighted by Gasteiger charge is 2.07. The van der Waals surface area contributed by atoms with Crippen molar-refractivity contribution in [2.75, 3.05) is 5.32 Å². The molecule has 2 aromatic rings. The van der Waals surface area contributed by atoms with Gasteiger partial charge in [0.15, 0.2) is 5.82 Å². The number of aryl methyl sites for hydroxylation is 1. The van der Waals surface area contributed by atoms with Crippen molar-refractivity contribution in [2.45, 2.75) is 13.5 Å². The molecule has 0 aliphatic heterocycles. The lowest BCUT2D eigenvalue weighted by molar-refractivity contribution is 0.996. The number of rotatable bonds is 4. The predicted molar refractivity (Wildman–Crippen MR) is 72.1 cm³/mol. The normalized spacial score (nSPS) is 10.2. The summed E-state index contributed by atoms with van der Waals surface area (Å²) in [6.45, 7) is 2.61. The molecule has 0 saturated heterocycles. The van der Waals surface area contributed by atoms with Gasteiger partial charge < -0.3 is 11.1 Å². The van der Waals surface area contributed by atoms with Gasteiger partial charge in [-0.25, -0.2) is 4.98 Å². The lowest BCUT2D eigenvalue weighted by Crippen LogP contribution is -2.14. The molecule has 0 aromatic carbocycles. The van der Waals surface area contributed by atoms with Gasteiger partial charge >= 0.3 is 0 Å². The molecular weight excluding hydrogens is 254 g/mol. The number of nitrogens with zero attached hydrogens (tertiary/aromatic N) is 3. The van der Waals surface area contributed by atoms with Crippen LogP contribution in [0.2, 0.25) is 0 Å². The number of thiocarbonyl (C=S) groups is 1. The van der Waals surface area contributed by atoms with Crippen molar-refractivity contribution >= 4 is 34.4 Å². The summed E-state index contributed by atoms with van der Waals surface area (Å²) >= 11 is 6.55. The Balaban J connectivity index is 2.14. The Hall–Kier alpha value is -1.60. The maximum Gasteiger partial charge on any atom is 0.159 e. The van der Waals surface area contributed by atoms with Crippen LogP contribution in [0.15, 0.2) is 17.8 Å². The fraction of sp³-hybridized carbons (Fsp3) is 0.200. The number of aromatic nitrogens is 3. The Morgan fingerprint density at radius 2 is 2.41 bits per heavy atom. The van der Waals surface area contributed by atoms with E-state index >= 15 is 0 Å². The van der Waals surface area contributed by atoms with Crippen LogP contribution in [0, 0.1) is 6.92 Å². The molecule has 2 heterocycles. The summed E-state index contributed by atoms with van der Waals surface area (Å²) in [5, 5.41) is 11.0. The second-order valence-corrected chi connectivity index (χ2v) is 4.75. The van der Waals surface area contributed by atoms with Crippen molar-refractivity contribution in [3.63, 3.8) is 0 Å². The van der Waals surface area contributed by atoms with Crippen LogP contribution in [0.5, 0.6) is 0 Å². The third-order valence-corrected chi connectivity index (χ3v) is 3.40. The molecule has 0 fully saturated rings. The molecule has 0 aliphatic carbocycles. The first-order valence-corrected chi connectivity index (χ1v) is 6.21. The highest BCUT2D eigenvalue weighted by Crippen LogP contribution is 2.16. The van der Waals surface area contributed by atoms with E-state index in [1.54, 1.807) is 23.6 Å². The Morgan fingerprint density at radius 1 is 1.59 bits per heavy atom. The van der Waals surface area contributed by atoms with Crippen LogP contribution in [0.25, 0.3) is 0 Å². The number of thiazole rings is 1. The van der Waals surface area contributed by atoms with Crippen LogP contribution in [-0.4, -0.2) is 20.2 Å². The SMILES string of the molecule is Cc1ncsc1CNc1nnccc1C(N)=S. The molecule has 0 atom stereocenters. The zero-order valence-corrected chi connectivity index (χ0v) is 10.8. The van der Waals surface area contributed by atoms with E-state index in [4.69, 9.17) is 18.0 Å². The Morgan fingerprint density at radius 3 is 3.06 bits per heavy atom. The molecule has 2 rings (SSSR count). The first-order valence-electron chi connectivity index (χ1n) is 4.93. The van der Waals surface area contributed by atoms with Gasteiger partial charge in [0, 0.05) is 4.88 Å². The minimum absolute atomic E-state index is 0.309. The molecule has 0 unspecified atom stereocenters. The van der Waals surface area contributed by atoms with E-state index in [0.717, 1.165) is 10.6 Å². The van der Waals surface area contributed by atoms with Crippen molar-refractivity contribution in [3.8, 4) is 0 Å². The van der Waals surface area contributed by atoms with Crippen molar-refractivity contribution in [1.82, 2.24) is 15.2 Å². The van der Waals surface area contributed by atoms with Gasteiger partial charge in [0.25, 0.3) is 0 Å². The van der Waals surface area contributed by atoms with Crippen molar-refractivity contribution in [3.05, 3.63) is 33.9 Å². The summed E-state index contributed by atoms with van der Waals surface area (Å²) in [6, 6.07) is 1.75. The van der Waals surface area contributed by atoms with Gasteiger partial charge in [-0.05, 0) is 13.0 Å². The zero-order valence-electron chi connectivity index (χ0n) is 9.17. The Kier molecular flexibility index (Phi) is 3.60. The second-order valence-electron chi connectivity index (χ2n) is 3.37. The monoisotopic (exact) mass is 265 g/mol. The first-order chi connectivity index (χ1) is 8.18. The highest BCUT2D eigenvalue weighted by molar-refractivity contribution is 7.80. The van der Waals surface area contributed by atoms with Crippen LogP contribution in [0.1, 0.15) is 16.1 Å². The molecule has 0 bridgehead atoms. The van der Waals surface area contributed by atoms with E-state index in [2.05, 4.69) is 20.5 Å². The molecule has 0 radical (unpaired) electrons. The highest BCUT2D eigenvalue weighted by atomic mass is 32.1. The van der Waals surface area contributed by atoms with Crippen LogP contribution >= 0.6 is 23.6 Å². The van der Waals surface area contributed by atoms with Crippen LogP contribution in [0.4, 0.5) is 5.82 Å². The van der Waals surface area contributed by atoms with Gasteiger partial charge in [-0.15, -0.1) is 16.4 Å². The molecule has 3 N–H and O–H groups in total. The number of hydrogen-bond acceptors (Lipinski definition) is 6. The van der Waals surface area contributed by atoms with Gasteiger partial charge in [-0.2, -0.15) is 5.10 Å². The minimum atomic E-state index is 0.309. The van der Waals surface area contributed by atoms with Crippen LogP contribution in [-0.2, 0) is 6.54 Å². The van der Waals surface area contributed by atoms with Crippen molar-refractivity contribution in [1.29, 1.82) is 0 Å². The van der Waals surface area contributed by atoms with Gasteiger partial charge in [0.1, 0.15) is 4.99 Å². The quantitative estimate of drug-likeness (QED) is 0.816. The average Bonchev–Trinajstić information content (AvgIpc) is 2.72. The fourth-order valence-electron chi connectivity index (χ4n) is 1.32. The molecule has 2 aromatic heterocycles. The smallest absolute Gasteiger partial charge is 0.159 e. The number of anilines is 1. The first kappa shape index (κ1) is 11.9. The molecule has 5 nitrogen and oxygen atoms in total. The molecule has 0 saturated carbocycles. The lowest BCUT2D eigenvalue weighted by atomic mass is 10.3. The summed E-state index contributed by atoms with van der Waals surface area (Å²) < 4.78 is 0. The molecule has 17 heavy (non-hydrogen) atoms. The molecule has 0 spiro atoms. The Labute approximate surface area is 108 Å². The van der Waals surface area contributed by atoms with E-state index < -0.39 is 0 Å². The third kappa shape index (κ3) is 2.75. The van der Waals surface area contributed by atoms with E-state index in [1.807, 2.05) is 12.4 Å². The van der Waals surface area contributed by atoms with E-state index in [0.29, 0.717) is 22.9 Å². The number of hydrogen-bond donors (Lipinski definition) is 2. The van der Waals surface area contributed by atoms with E-state index in [9.17, 15) is 0 Å². The topological polar surface area (TPSA) is 76.7 Å². The summed E-state index contributed by atoms with van der Waals surface area (Å²) in [6.07, 6.45) is 1.57. The fourth-order valence-corrected chi connectivity index (χ4v) is 2.20. The van der Waals surface area contributed by atoms with Gasteiger partial charge in [0.05, 0.1) is 29.5 Å². The molecule has 0 aliphatic rings. The van der Waals surface area contributed by atoms with E-state index in [-0.39, 0.29) is 0 Å². The van der Waals surface area contributed by atoms with Gasteiger partial charge in [-0.3, -0.25) is 0 Å². The summed E-state index contributed by atoms with van der Waals surface area (Å²) in [7, 11) is 0. The molecule has 88 valence electrons. The van der Waals surface area contributed by atoms with Crippen molar-refractivity contribution in [2.24, 2.45) is 5.73 Å². The summed E-state index contributed by atoms with van der Waals surface area (Å²) in [4.78, 5) is 5.64. The van der Waals surface area contributed by atoms with Crippen LogP contribution < -0.4 is 11.1 Å². The van der Waals surface area contributed by atoms with Gasteiger partial charge in [0.2, 0.25) is 0 Å². The number of nitrogens with one attached hydrogen (secondary N) is 1. The summed E-state index contributed by atoms with van der Waals surface area (Å²) in [5.41, 5.74) is 9.15. The maximum absolute atomic E-state index is 5.61. The summed E-state index contributed by atoms with van der Waals surface area (Å²) in [5.74, 6) is 0.604. The van der Waals surface area contributed by atoms with Gasteiger partial charge in [-0.1, -0.05) is 12.2 Å². The standard InChI is InChI=1S/C10H11N5S2/c1-6-8(17-5-13-6)4-12-10-7(9(11)16)2-3-14-15-10/h2-3,5H,4H2,1H3,(H2,11,16)(H,12,15). The largest absolute Gasteiger partial charge is 0.389 e. The Bertz CT molecular complexity index is 537. The van der Waals surface area contributed by atoms with Crippen LogP contribution in [0.3, 0.4) is 0 Å².